The van der Waals surface area contributed by atoms with Crippen molar-refractivity contribution in [2.75, 3.05) is 17.7 Å². The van der Waals surface area contributed by atoms with Crippen LogP contribution in [0.15, 0.2) is 144 Å². The monoisotopic (exact) mass is 631 g/mol. The van der Waals surface area contributed by atoms with E-state index in [1.54, 1.807) is 86.0 Å². The standard InChI is InChI=1S/C37H30FN3O4S/c1-45-33-19-11-10-18-31(33)40-37(44)34(25-12-4-2-5-13-25)46-29-22-20-28(21-23-29)39-36(43)32(24-27-16-8-9-17-30(27)38)41-35(42)26-14-6-3-7-15-26/h2-24,34H,1H3,(H,39,43)(H,40,44)(H,41,42)/b32-24-. The number of hydrogen-bond acceptors (Lipinski definition) is 5. The predicted octanol–water partition coefficient (Wildman–Crippen LogP) is 7.72. The van der Waals surface area contributed by atoms with Crippen molar-refractivity contribution in [2.45, 2.75) is 10.1 Å². The van der Waals surface area contributed by atoms with Gasteiger partial charge in [-0.3, -0.25) is 14.4 Å². The summed E-state index contributed by atoms with van der Waals surface area (Å²) in [6, 6.07) is 38.0. The summed E-state index contributed by atoms with van der Waals surface area (Å²) >= 11 is 1.35. The van der Waals surface area contributed by atoms with Crippen LogP contribution in [0.3, 0.4) is 0 Å². The van der Waals surface area contributed by atoms with Crippen LogP contribution in [0, 0.1) is 5.82 Å². The molecule has 1 atom stereocenters. The highest BCUT2D eigenvalue weighted by Gasteiger charge is 2.23. The van der Waals surface area contributed by atoms with E-state index in [-0.39, 0.29) is 17.2 Å². The lowest BCUT2D eigenvalue weighted by atomic mass is 10.1. The zero-order valence-corrected chi connectivity index (χ0v) is 25.6. The summed E-state index contributed by atoms with van der Waals surface area (Å²) in [6.45, 7) is 0. The molecule has 46 heavy (non-hydrogen) atoms. The molecule has 0 aromatic heterocycles. The second-order valence-electron chi connectivity index (χ2n) is 9.98. The number of carbonyl (C=O) groups excluding carboxylic acids is 3. The van der Waals surface area contributed by atoms with Crippen LogP contribution in [0.1, 0.15) is 26.7 Å². The summed E-state index contributed by atoms with van der Waals surface area (Å²) in [5.74, 6) is -1.35. The van der Waals surface area contributed by atoms with Crippen LogP contribution in [-0.4, -0.2) is 24.8 Å². The Morgan fingerprint density at radius 3 is 2.07 bits per heavy atom. The normalized spacial score (nSPS) is 11.7. The summed E-state index contributed by atoms with van der Waals surface area (Å²) in [4.78, 5) is 40.6. The molecule has 5 rings (SSSR count). The average molecular weight is 632 g/mol. The summed E-state index contributed by atoms with van der Waals surface area (Å²) in [5.41, 5.74) is 2.18. The minimum atomic E-state index is -0.633. The first-order valence-corrected chi connectivity index (χ1v) is 15.2. The molecule has 0 radical (unpaired) electrons. The van der Waals surface area contributed by atoms with E-state index in [2.05, 4.69) is 16.0 Å². The quantitative estimate of drug-likeness (QED) is 0.103. The van der Waals surface area contributed by atoms with Crippen LogP contribution in [0.2, 0.25) is 0 Å². The molecule has 0 aliphatic carbocycles. The number of para-hydroxylation sites is 2. The van der Waals surface area contributed by atoms with Gasteiger partial charge in [0.2, 0.25) is 5.91 Å². The van der Waals surface area contributed by atoms with E-state index in [9.17, 15) is 18.8 Å². The summed E-state index contributed by atoms with van der Waals surface area (Å²) < 4.78 is 19.9. The molecule has 0 spiro atoms. The lowest BCUT2D eigenvalue weighted by Crippen LogP contribution is -2.30. The molecule has 9 heteroatoms. The first-order chi connectivity index (χ1) is 22.4. The summed E-state index contributed by atoms with van der Waals surface area (Å²) in [7, 11) is 1.55. The lowest BCUT2D eigenvalue weighted by Gasteiger charge is -2.18. The molecule has 0 saturated heterocycles. The number of ether oxygens (including phenoxy) is 1. The van der Waals surface area contributed by atoms with Crippen molar-refractivity contribution in [3.05, 3.63) is 162 Å². The first kappa shape index (κ1) is 31.7. The third kappa shape index (κ3) is 8.28. The Morgan fingerprint density at radius 1 is 0.739 bits per heavy atom. The Balaban J connectivity index is 1.34. The second kappa shape index (κ2) is 15.4. The number of halogens is 1. The van der Waals surface area contributed by atoms with Gasteiger partial charge in [0.05, 0.1) is 12.8 Å². The van der Waals surface area contributed by atoms with Gasteiger partial charge in [-0.15, -0.1) is 11.8 Å². The number of carbonyl (C=O) groups is 3. The third-order valence-corrected chi connectivity index (χ3v) is 8.07. The SMILES string of the molecule is COc1ccccc1NC(=O)C(Sc1ccc(NC(=O)/C(=C/c2ccccc2F)NC(=O)c2ccccc2)cc1)c1ccccc1. The average Bonchev–Trinajstić information content (AvgIpc) is 3.09. The van der Waals surface area contributed by atoms with Crippen LogP contribution in [-0.2, 0) is 9.59 Å². The van der Waals surface area contributed by atoms with Gasteiger partial charge < -0.3 is 20.7 Å². The predicted molar refractivity (Wildman–Crippen MR) is 180 cm³/mol. The summed E-state index contributed by atoms with van der Waals surface area (Å²) in [6.07, 6.45) is 1.29. The highest BCUT2D eigenvalue weighted by molar-refractivity contribution is 8.00. The van der Waals surface area contributed by atoms with E-state index < -0.39 is 22.9 Å². The number of benzene rings is 5. The fourth-order valence-corrected chi connectivity index (χ4v) is 5.51. The summed E-state index contributed by atoms with van der Waals surface area (Å²) in [5, 5.41) is 7.77. The highest BCUT2D eigenvalue weighted by atomic mass is 32.2. The van der Waals surface area contributed by atoms with Crippen molar-refractivity contribution in [1.82, 2.24) is 5.32 Å². The van der Waals surface area contributed by atoms with Gasteiger partial charge in [0.15, 0.2) is 0 Å². The first-order valence-electron chi connectivity index (χ1n) is 14.3. The van der Waals surface area contributed by atoms with Gasteiger partial charge in [-0.05, 0) is 66.2 Å². The number of methoxy groups -OCH3 is 1. The number of hydrogen-bond donors (Lipinski definition) is 3. The zero-order valence-electron chi connectivity index (χ0n) is 24.8. The van der Waals surface area contributed by atoms with Crippen molar-refractivity contribution >= 4 is 46.9 Å². The Labute approximate surface area is 270 Å². The molecule has 230 valence electrons. The number of nitrogens with one attached hydrogen (secondary N) is 3. The van der Waals surface area contributed by atoms with E-state index >= 15 is 0 Å². The van der Waals surface area contributed by atoms with E-state index in [1.165, 1.54) is 30.0 Å². The smallest absolute Gasteiger partial charge is 0.272 e. The molecule has 5 aromatic carbocycles. The zero-order chi connectivity index (χ0) is 32.3. The molecular formula is C37H30FN3O4S. The molecule has 1 unspecified atom stereocenters. The molecule has 0 aliphatic rings. The van der Waals surface area contributed by atoms with Gasteiger partial charge in [-0.1, -0.05) is 78.9 Å². The van der Waals surface area contributed by atoms with Crippen molar-refractivity contribution < 1.29 is 23.5 Å². The number of thioether (sulfide) groups is 1. The van der Waals surface area contributed by atoms with E-state index in [0.29, 0.717) is 22.7 Å². The largest absolute Gasteiger partial charge is 0.495 e. The number of rotatable bonds is 11. The minimum Gasteiger partial charge on any atom is -0.495 e. The van der Waals surface area contributed by atoms with Gasteiger partial charge in [0, 0.05) is 21.7 Å². The third-order valence-electron chi connectivity index (χ3n) is 6.81. The number of anilines is 2. The van der Waals surface area contributed by atoms with Gasteiger partial charge in [-0.2, -0.15) is 0 Å². The van der Waals surface area contributed by atoms with Crippen molar-refractivity contribution in [3.8, 4) is 5.75 Å². The molecule has 0 fully saturated rings. The Kier molecular flexibility index (Phi) is 10.6. The minimum absolute atomic E-state index is 0.130. The van der Waals surface area contributed by atoms with E-state index in [0.717, 1.165) is 10.5 Å². The van der Waals surface area contributed by atoms with Gasteiger partial charge >= 0.3 is 0 Å². The van der Waals surface area contributed by atoms with Crippen LogP contribution in [0.4, 0.5) is 15.8 Å². The Bertz CT molecular complexity index is 1850. The molecule has 3 N–H and O–H groups in total. The fourth-order valence-electron chi connectivity index (χ4n) is 4.49. The van der Waals surface area contributed by atoms with E-state index in [1.807, 2.05) is 42.5 Å². The van der Waals surface area contributed by atoms with Crippen LogP contribution in [0.5, 0.6) is 5.75 Å². The molecule has 5 aromatic rings. The van der Waals surface area contributed by atoms with Gasteiger partial charge in [0.1, 0.15) is 22.5 Å². The molecule has 7 nitrogen and oxygen atoms in total. The highest BCUT2D eigenvalue weighted by Crippen LogP contribution is 2.37. The Hall–Kier alpha value is -5.67. The van der Waals surface area contributed by atoms with Gasteiger partial charge in [0.25, 0.3) is 11.8 Å². The van der Waals surface area contributed by atoms with Crippen LogP contribution in [0.25, 0.3) is 6.08 Å². The molecule has 0 heterocycles. The molecule has 0 saturated carbocycles. The second-order valence-corrected chi connectivity index (χ2v) is 11.2. The van der Waals surface area contributed by atoms with E-state index in [4.69, 9.17) is 4.74 Å². The topological polar surface area (TPSA) is 96.5 Å². The maximum absolute atomic E-state index is 14.5. The molecule has 3 amide bonds. The maximum atomic E-state index is 14.5. The van der Waals surface area contributed by atoms with Gasteiger partial charge in [-0.25, -0.2) is 4.39 Å². The molecule has 0 bridgehead atoms. The van der Waals surface area contributed by atoms with Crippen LogP contribution >= 0.6 is 11.8 Å². The maximum Gasteiger partial charge on any atom is 0.272 e. The number of amides is 3. The van der Waals surface area contributed by atoms with Crippen molar-refractivity contribution in [2.24, 2.45) is 0 Å². The van der Waals surface area contributed by atoms with Crippen molar-refractivity contribution in [1.29, 1.82) is 0 Å². The lowest BCUT2D eigenvalue weighted by molar-refractivity contribution is -0.116. The Morgan fingerprint density at radius 2 is 1.37 bits per heavy atom. The van der Waals surface area contributed by atoms with Crippen molar-refractivity contribution in [3.63, 3.8) is 0 Å². The molecular weight excluding hydrogens is 601 g/mol. The molecule has 0 aliphatic heterocycles. The fraction of sp³-hybridized carbons (Fsp3) is 0.0541. The van der Waals surface area contributed by atoms with Crippen LogP contribution < -0.4 is 20.7 Å².